The number of hydrogen-bond donors (Lipinski definition) is 0. The van der Waals surface area contributed by atoms with Crippen LogP contribution in [0.2, 0.25) is 0 Å². The van der Waals surface area contributed by atoms with Crippen LogP contribution in [0.25, 0.3) is 0 Å². The molecule has 2 bridgehead atoms. The van der Waals surface area contributed by atoms with Crippen LogP contribution in [0.5, 0.6) is 0 Å². The largest absolute Gasteiger partial charge is 0.459 e. The highest BCUT2D eigenvalue weighted by molar-refractivity contribution is 5.73. The van der Waals surface area contributed by atoms with Gasteiger partial charge in [0.05, 0.1) is 6.42 Å². The predicted molar refractivity (Wildman–Crippen MR) is 97.9 cm³/mol. The van der Waals surface area contributed by atoms with Gasteiger partial charge in [-0.3, -0.25) is 9.78 Å². The fourth-order valence-electron chi connectivity index (χ4n) is 6.94. The zero-order valence-corrected chi connectivity index (χ0v) is 16.0. The van der Waals surface area contributed by atoms with Crippen LogP contribution in [0, 0.1) is 28.6 Å². The van der Waals surface area contributed by atoms with Gasteiger partial charge in [0.15, 0.2) is 0 Å². The number of pyridine rings is 1. The Kier molecular flexibility index (Phi) is 3.79. The Hall–Kier alpha value is -1.38. The summed E-state index contributed by atoms with van der Waals surface area (Å²) < 4.78 is 6.26. The maximum atomic E-state index is 12.7. The van der Waals surface area contributed by atoms with Crippen molar-refractivity contribution in [3.63, 3.8) is 0 Å². The molecule has 3 aliphatic carbocycles. The normalized spacial score (nSPS) is 41.4. The summed E-state index contributed by atoms with van der Waals surface area (Å²) in [6, 6.07) is 3.80. The van der Waals surface area contributed by atoms with Crippen LogP contribution in [0.3, 0.4) is 0 Å². The zero-order valence-electron chi connectivity index (χ0n) is 16.0. The molecule has 3 aliphatic rings. The quantitative estimate of drug-likeness (QED) is 0.741. The van der Waals surface area contributed by atoms with E-state index >= 15 is 0 Å². The van der Waals surface area contributed by atoms with Crippen molar-refractivity contribution in [3.05, 3.63) is 30.1 Å². The van der Waals surface area contributed by atoms with Crippen molar-refractivity contribution < 1.29 is 9.53 Å². The monoisotopic (exact) mass is 341 g/mol. The Morgan fingerprint density at radius 3 is 2.64 bits per heavy atom. The molecule has 1 heterocycles. The van der Waals surface area contributed by atoms with Gasteiger partial charge in [-0.2, -0.15) is 0 Å². The van der Waals surface area contributed by atoms with Crippen LogP contribution in [-0.2, 0) is 16.0 Å². The van der Waals surface area contributed by atoms with E-state index in [2.05, 4.69) is 32.7 Å². The van der Waals surface area contributed by atoms with Gasteiger partial charge in [-0.05, 0) is 79.9 Å². The first-order chi connectivity index (χ1) is 11.8. The summed E-state index contributed by atoms with van der Waals surface area (Å²) in [7, 11) is 0. The van der Waals surface area contributed by atoms with E-state index in [1.807, 2.05) is 12.1 Å². The van der Waals surface area contributed by atoms with Gasteiger partial charge in [-0.15, -0.1) is 0 Å². The first kappa shape index (κ1) is 17.1. The molecule has 5 atom stereocenters. The fourth-order valence-corrected chi connectivity index (χ4v) is 6.94. The zero-order chi connectivity index (χ0) is 17.9. The van der Waals surface area contributed by atoms with Crippen LogP contribution >= 0.6 is 0 Å². The lowest BCUT2D eigenvalue weighted by Crippen LogP contribution is -2.48. The van der Waals surface area contributed by atoms with E-state index < -0.39 is 0 Å². The van der Waals surface area contributed by atoms with Crippen molar-refractivity contribution in [2.24, 2.45) is 28.6 Å². The van der Waals surface area contributed by atoms with E-state index in [1.165, 1.54) is 25.7 Å². The number of fused-ring (bicyclic) bond motifs is 1. The van der Waals surface area contributed by atoms with Gasteiger partial charge in [0.1, 0.15) is 5.60 Å². The number of nitrogens with zero attached hydrogens (tertiary/aromatic N) is 1. The van der Waals surface area contributed by atoms with Gasteiger partial charge in [-0.1, -0.05) is 20.8 Å². The molecule has 0 N–H and O–H groups in total. The van der Waals surface area contributed by atoms with E-state index in [0.717, 1.165) is 23.8 Å². The molecule has 3 saturated carbocycles. The molecule has 0 aromatic carbocycles. The molecule has 3 heteroatoms. The number of carbonyl (C=O) groups is 1. The fraction of sp³-hybridized carbons (Fsp3) is 0.727. The van der Waals surface area contributed by atoms with Crippen molar-refractivity contribution in [1.29, 1.82) is 0 Å². The number of hydrogen-bond acceptors (Lipinski definition) is 3. The molecule has 0 saturated heterocycles. The second-order valence-electron chi connectivity index (χ2n) is 9.63. The van der Waals surface area contributed by atoms with Crippen molar-refractivity contribution in [2.75, 3.05) is 0 Å². The van der Waals surface area contributed by atoms with Crippen LogP contribution < -0.4 is 0 Å². The average Bonchev–Trinajstić information content (AvgIpc) is 2.93. The topological polar surface area (TPSA) is 39.2 Å². The molecule has 136 valence electrons. The Labute approximate surface area is 151 Å². The molecule has 3 fully saturated rings. The summed E-state index contributed by atoms with van der Waals surface area (Å²) in [6.07, 6.45) is 9.79. The molecule has 0 aliphatic heterocycles. The van der Waals surface area contributed by atoms with Crippen molar-refractivity contribution in [2.45, 2.75) is 71.8 Å². The number of aromatic nitrogens is 1. The van der Waals surface area contributed by atoms with Crippen molar-refractivity contribution >= 4 is 5.97 Å². The van der Waals surface area contributed by atoms with Crippen LogP contribution in [0.15, 0.2) is 24.5 Å². The highest BCUT2D eigenvalue weighted by Gasteiger charge is 2.71. The Morgan fingerprint density at radius 2 is 1.92 bits per heavy atom. The summed E-state index contributed by atoms with van der Waals surface area (Å²) in [4.78, 5) is 16.7. The molecular weight excluding hydrogens is 310 g/mol. The third-order valence-corrected chi connectivity index (χ3v) is 8.24. The second kappa shape index (κ2) is 5.56. The van der Waals surface area contributed by atoms with Gasteiger partial charge in [0.25, 0.3) is 0 Å². The minimum absolute atomic E-state index is 0.0800. The lowest BCUT2D eigenvalue weighted by atomic mass is 9.63. The maximum Gasteiger partial charge on any atom is 0.310 e. The van der Waals surface area contributed by atoms with Crippen molar-refractivity contribution in [1.82, 2.24) is 4.98 Å². The molecule has 1 spiro atoms. The SMILES string of the molecule is C[C@@H]1CC[C@]23C[C@@H]1C(C)(C)[C@@H]2CC[C@@]3(C)OC(=O)Cc1ccncc1. The maximum absolute atomic E-state index is 12.7. The minimum atomic E-state index is -0.298. The van der Waals surface area contributed by atoms with Gasteiger partial charge in [-0.25, -0.2) is 0 Å². The van der Waals surface area contributed by atoms with Crippen LogP contribution in [0.4, 0.5) is 0 Å². The van der Waals surface area contributed by atoms with E-state index in [0.29, 0.717) is 17.8 Å². The Morgan fingerprint density at radius 1 is 1.20 bits per heavy atom. The van der Waals surface area contributed by atoms with E-state index in [1.54, 1.807) is 12.4 Å². The van der Waals surface area contributed by atoms with Crippen LogP contribution in [0.1, 0.15) is 65.4 Å². The minimum Gasteiger partial charge on any atom is -0.459 e. The lowest BCUT2D eigenvalue weighted by Gasteiger charge is -2.46. The van der Waals surface area contributed by atoms with E-state index in [9.17, 15) is 4.79 Å². The van der Waals surface area contributed by atoms with E-state index in [4.69, 9.17) is 4.74 Å². The Balaban J connectivity index is 1.57. The third-order valence-electron chi connectivity index (χ3n) is 8.24. The first-order valence-corrected chi connectivity index (χ1v) is 9.89. The molecule has 0 unspecified atom stereocenters. The standard InChI is InChI=1S/C22H31NO2/c1-15-5-10-22-14-17(15)20(2,3)18(22)6-9-21(22,4)25-19(24)13-16-7-11-23-12-8-16/h7-8,11-12,15,17-18H,5-6,9-10,13-14H2,1-4H3/t15-,17+,18+,21-,22+/m1/s1. The summed E-state index contributed by atoms with van der Waals surface area (Å²) in [5, 5.41) is 0. The summed E-state index contributed by atoms with van der Waals surface area (Å²) >= 11 is 0. The molecule has 25 heavy (non-hydrogen) atoms. The molecule has 0 amide bonds. The molecular formula is C22H31NO2. The molecule has 1 aromatic heterocycles. The molecule has 4 rings (SSSR count). The number of carbonyl (C=O) groups excluding carboxylic acids is 1. The molecule has 1 aromatic rings. The van der Waals surface area contributed by atoms with Gasteiger partial charge >= 0.3 is 5.97 Å². The predicted octanol–water partition coefficient (Wildman–Crippen LogP) is 4.80. The molecule has 0 radical (unpaired) electrons. The highest BCUT2D eigenvalue weighted by atomic mass is 16.6. The summed E-state index contributed by atoms with van der Waals surface area (Å²) in [6.45, 7) is 9.59. The second-order valence-corrected chi connectivity index (χ2v) is 9.63. The number of ether oxygens (including phenoxy) is 1. The first-order valence-electron chi connectivity index (χ1n) is 9.89. The van der Waals surface area contributed by atoms with Gasteiger partial charge in [0, 0.05) is 17.8 Å². The number of rotatable bonds is 3. The highest BCUT2D eigenvalue weighted by Crippen LogP contribution is 2.74. The van der Waals surface area contributed by atoms with Crippen molar-refractivity contribution in [3.8, 4) is 0 Å². The summed E-state index contributed by atoms with van der Waals surface area (Å²) in [5.74, 6) is 2.17. The van der Waals surface area contributed by atoms with Gasteiger partial charge < -0.3 is 4.74 Å². The van der Waals surface area contributed by atoms with E-state index in [-0.39, 0.29) is 17.0 Å². The van der Waals surface area contributed by atoms with Gasteiger partial charge in [0.2, 0.25) is 0 Å². The molecule has 3 nitrogen and oxygen atoms in total. The van der Waals surface area contributed by atoms with Crippen LogP contribution in [-0.4, -0.2) is 16.6 Å². The number of esters is 1. The average molecular weight is 341 g/mol. The summed E-state index contributed by atoms with van der Waals surface area (Å²) in [5.41, 5.74) is 1.25. The smallest absolute Gasteiger partial charge is 0.310 e. The third kappa shape index (κ3) is 2.38. The lowest BCUT2D eigenvalue weighted by molar-refractivity contribution is -0.174. The Bertz CT molecular complexity index is 670.